The number of hydrogen-bond acceptors (Lipinski definition) is 4. The zero-order valence-electron chi connectivity index (χ0n) is 16.5. The van der Waals surface area contributed by atoms with Crippen molar-refractivity contribution in [2.75, 3.05) is 6.54 Å². The van der Waals surface area contributed by atoms with Crippen LogP contribution in [0.5, 0.6) is 0 Å². The van der Waals surface area contributed by atoms with E-state index in [-0.39, 0.29) is 17.1 Å². The number of sulfonamides is 1. The van der Waals surface area contributed by atoms with Gasteiger partial charge in [-0.1, -0.05) is 54.1 Å². The Morgan fingerprint density at radius 2 is 1.71 bits per heavy atom. The Morgan fingerprint density at radius 1 is 0.968 bits per heavy atom. The van der Waals surface area contributed by atoms with Crippen molar-refractivity contribution in [3.8, 4) is 0 Å². The summed E-state index contributed by atoms with van der Waals surface area (Å²) in [6.07, 6.45) is 2.17. The lowest BCUT2D eigenvalue weighted by atomic mass is 10.0. The third-order valence-electron chi connectivity index (χ3n) is 5.57. The van der Waals surface area contributed by atoms with Crippen molar-refractivity contribution in [3.05, 3.63) is 99.1 Å². The van der Waals surface area contributed by atoms with Gasteiger partial charge in [-0.25, -0.2) is 22.3 Å². The quantitative estimate of drug-likeness (QED) is 0.475. The molecule has 0 saturated heterocycles. The van der Waals surface area contributed by atoms with E-state index in [2.05, 4.69) is 5.10 Å². The fourth-order valence-electron chi connectivity index (χ4n) is 3.92. The predicted molar refractivity (Wildman–Crippen MR) is 118 cm³/mol. The Morgan fingerprint density at radius 3 is 2.52 bits per heavy atom. The van der Waals surface area contributed by atoms with E-state index in [9.17, 15) is 13.2 Å². The highest BCUT2D eigenvalue weighted by atomic mass is 35.5. The molecule has 5 rings (SSSR count). The summed E-state index contributed by atoms with van der Waals surface area (Å²) in [6, 6.07) is 18.1. The molecule has 0 spiro atoms. The lowest BCUT2D eigenvalue weighted by molar-refractivity contribution is 0.391. The van der Waals surface area contributed by atoms with Crippen LogP contribution >= 0.6 is 11.6 Å². The summed E-state index contributed by atoms with van der Waals surface area (Å²) in [6.45, 7) is 0.825. The van der Waals surface area contributed by atoms with Gasteiger partial charge in [0.2, 0.25) is 10.0 Å². The van der Waals surface area contributed by atoms with E-state index in [1.54, 1.807) is 18.2 Å². The van der Waals surface area contributed by atoms with Gasteiger partial charge in [-0.15, -0.1) is 5.10 Å². The maximum absolute atomic E-state index is 13.5. The molecule has 31 heavy (non-hydrogen) atoms. The second kappa shape index (κ2) is 7.64. The predicted octanol–water partition coefficient (Wildman–Crippen LogP) is 2.94. The zero-order valence-corrected chi connectivity index (χ0v) is 18.1. The van der Waals surface area contributed by atoms with Gasteiger partial charge in [0.15, 0.2) is 5.65 Å². The van der Waals surface area contributed by atoms with Gasteiger partial charge >= 0.3 is 5.69 Å². The van der Waals surface area contributed by atoms with Gasteiger partial charge in [0.05, 0.1) is 6.54 Å². The molecule has 0 fully saturated rings. The monoisotopic (exact) mass is 454 g/mol. The topological polar surface area (TPSA) is 76.7 Å². The molecule has 4 aromatic rings. The molecule has 0 saturated carbocycles. The SMILES string of the molecule is O=c1n(Cc2ccccc2Cl)nc2c(S(=O)(=O)N3CCc4ccccc4C3)cccn12. The van der Waals surface area contributed by atoms with Crippen molar-refractivity contribution in [1.82, 2.24) is 18.5 Å². The van der Waals surface area contributed by atoms with Crippen LogP contribution in [0, 0.1) is 0 Å². The van der Waals surface area contributed by atoms with Crippen LogP contribution in [-0.2, 0) is 29.5 Å². The Labute approximate surface area is 184 Å². The van der Waals surface area contributed by atoms with E-state index in [0.717, 1.165) is 16.7 Å². The van der Waals surface area contributed by atoms with E-state index in [4.69, 9.17) is 11.6 Å². The minimum Gasteiger partial charge on any atom is -0.249 e. The number of aromatic nitrogens is 3. The summed E-state index contributed by atoms with van der Waals surface area (Å²) in [5.74, 6) is 0. The van der Waals surface area contributed by atoms with Crippen LogP contribution < -0.4 is 5.69 Å². The average molecular weight is 455 g/mol. The Hall–Kier alpha value is -2.94. The molecule has 7 nitrogen and oxygen atoms in total. The van der Waals surface area contributed by atoms with Gasteiger partial charge in [-0.05, 0) is 41.3 Å². The first-order chi connectivity index (χ1) is 14.9. The largest absolute Gasteiger partial charge is 0.350 e. The maximum Gasteiger partial charge on any atom is 0.350 e. The first-order valence-electron chi connectivity index (χ1n) is 9.84. The molecule has 158 valence electrons. The van der Waals surface area contributed by atoms with Gasteiger partial charge in [-0.2, -0.15) is 4.31 Å². The third-order valence-corrected chi connectivity index (χ3v) is 7.80. The van der Waals surface area contributed by atoms with Crippen molar-refractivity contribution in [3.63, 3.8) is 0 Å². The van der Waals surface area contributed by atoms with E-state index < -0.39 is 15.7 Å². The standard InChI is InChI=1S/C22H19ClN4O3S/c23-19-9-4-3-8-18(19)15-27-22(28)26-12-5-10-20(21(26)24-27)31(29,30)25-13-11-16-6-1-2-7-17(16)14-25/h1-10,12H,11,13-15H2. The number of halogens is 1. The Balaban J connectivity index is 1.56. The van der Waals surface area contributed by atoms with Crippen LogP contribution in [0.3, 0.4) is 0 Å². The van der Waals surface area contributed by atoms with Crippen LogP contribution in [0.15, 0.2) is 76.6 Å². The van der Waals surface area contributed by atoms with Gasteiger partial charge in [0.1, 0.15) is 4.90 Å². The smallest absolute Gasteiger partial charge is 0.249 e. The number of rotatable bonds is 4. The third kappa shape index (κ3) is 3.46. The van der Waals surface area contributed by atoms with Crippen LogP contribution in [0.25, 0.3) is 5.65 Å². The highest BCUT2D eigenvalue weighted by molar-refractivity contribution is 7.89. The van der Waals surface area contributed by atoms with Gasteiger partial charge in [-0.3, -0.25) is 0 Å². The van der Waals surface area contributed by atoms with Crippen LogP contribution in [0.4, 0.5) is 0 Å². The molecule has 0 amide bonds. The van der Waals surface area contributed by atoms with E-state index in [1.807, 2.05) is 36.4 Å². The number of fused-ring (bicyclic) bond motifs is 2. The normalized spacial score (nSPS) is 14.6. The zero-order chi connectivity index (χ0) is 21.6. The van der Waals surface area contributed by atoms with E-state index >= 15 is 0 Å². The summed E-state index contributed by atoms with van der Waals surface area (Å²) in [5, 5.41) is 4.88. The molecule has 1 aliphatic heterocycles. The lowest BCUT2D eigenvalue weighted by Gasteiger charge is -2.28. The summed E-state index contributed by atoms with van der Waals surface area (Å²) in [5.41, 5.74) is 2.57. The van der Waals surface area contributed by atoms with Gasteiger partial charge in [0, 0.05) is 24.3 Å². The van der Waals surface area contributed by atoms with Gasteiger partial charge in [0.25, 0.3) is 0 Å². The molecule has 1 aliphatic rings. The fourth-order valence-corrected chi connectivity index (χ4v) is 5.65. The minimum atomic E-state index is -3.84. The number of hydrogen-bond donors (Lipinski definition) is 0. The molecule has 0 bridgehead atoms. The molecule has 0 radical (unpaired) electrons. The molecule has 0 N–H and O–H groups in total. The Bertz CT molecular complexity index is 1460. The molecular weight excluding hydrogens is 436 g/mol. The fraction of sp³-hybridized carbons (Fsp3) is 0.182. The summed E-state index contributed by atoms with van der Waals surface area (Å²) in [7, 11) is -3.84. The first kappa shape index (κ1) is 20.0. The maximum atomic E-state index is 13.5. The summed E-state index contributed by atoms with van der Waals surface area (Å²) in [4.78, 5) is 12.9. The highest BCUT2D eigenvalue weighted by Crippen LogP contribution is 2.26. The van der Waals surface area contributed by atoms with E-state index in [0.29, 0.717) is 24.5 Å². The summed E-state index contributed by atoms with van der Waals surface area (Å²) < 4.78 is 30.9. The van der Waals surface area contributed by atoms with Crippen molar-refractivity contribution in [2.24, 2.45) is 0 Å². The number of nitrogens with zero attached hydrogens (tertiary/aromatic N) is 4. The molecule has 3 heterocycles. The van der Waals surface area contributed by atoms with E-state index in [1.165, 1.54) is 25.7 Å². The lowest BCUT2D eigenvalue weighted by Crippen LogP contribution is -2.36. The van der Waals surface area contributed by atoms with Crippen molar-refractivity contribution in [2.45, 2.75) is 24.4 Å². The molecule has 9 heteroatoms. The second-order valence-corrected chi connectivity index (χ2v) is 9.77. The van der Waals surface area contributed by atoms with Crippen LogP contribution in [0.1, 0.15) is 16.7 Å². The number of pyridine rings is 1. The Kier molecular flexibility index (Phi) is 4.92. The molecule has 2 aromatic carbocycles. The molecule has 0 atom stereocenters. The number of benzene rings is 2. The van der Waals surface area contributed by atoms with Gasteiger partial charge < -0.3 is 0 Å². The minimum absolute atomic E-state index is 0.0180. The van der Waals surface area contributed by atoms with Crippen LogP contribution in [-0.4, -0.2) is 33.4 Å². The summed E-state index contributed by atoms with van der Waals surface area (Å²) >= 11 is 6.22. The molecule has 2 aromatic heterocycles. The average Bonchev–Trinajstić information content (AvgIpc) is 3.10. The van der Waals surface area contributed by atoms with Crippen molar-refractivity contribution >= 4 is 27.3 Å². The first-order valence-corrected chi connectivity index (χ1v) is 11.7. The van der Waals surface area contributed by atoms with Crippen molar-refractivity contribution < 1.29 is 8.42 Å². The molecule has 0 aliphatic carbocycles. The highest BCUT2D eigenvalue weighted by Gasteiger charge is 2.31. The molecule has 0 unspecified atom stereocenters. The second-order valence-electron chi connectivity index (χ2n) is 7.45. The van der Waals surface area contributed by atoms with Crippen LogP contribution in [0.2, 0.25) is 5.02 Å². The molecular formula is C22H19ClN4O3S. The van der Waals surface area contributed by atoms with Crippen molar-refractivity contribution in [1.29, 1.82) is 0 Å².